The number of hydrogen-bond acceptors (Lipinski definition) is 5. The van der Waals surface area contributed by atoms with Crippen LogP contribution >= 0.6 is 23.2 Å². The summed E-state index contributed by atoms with van der Waals surface area (Å²) in [5.41, 5.74) is 0.393. The molecule has 1 aromatic heterocycles. The minimum atomic E-state index is -0.208. The van der Waals surface area contributed by atoms with E-state index in [0.29, 0.717) is 27.4 Å². The van der Waals surface area contributed by atoms with E-state index in [0.717, 1.165) is 25.7 Å². The minimum Gasteiger partial charge on any atom is -0.480 e. The van der Waals surface area contributed by atoms with Crippen LogP contribution in [0, 0.1) is 0 Å². The summed E-state index contributed by atoms with van der Waals surface area (Å²) in [6.45, 7) is 0. The number of carbonyl (C=O) groups is 1. The predicted molar refractivity (Wildman–Crippen MR) is 99.2 cm³/mol. The van der Waals surface area contributed by atoms with Crippen molar-refractivity contribution >= 4 is 29.1 Å². The molecule has 26 heavy (non-hydrogen) atoms. The first-order chi connectivity index (χ1) is 12.5. The first-order valence-corrected chi connectivity index (χ1v) is 9.09. The van der Waals surface area contributed by atoms with Crippen LogP contribution in [0.15, 0.2) is 30.6 Å². The van der Waals surface area contributed by atoms with Gasteiger partial charge in [-0.2, -0.15) is 4.98 Å². The number of benzene rings is 1. The second kappa shape index (κ2) is 8.56. The number of carbonyl (C=O) groups excluding carboxylic acids is 1. The van der Waals surface area contributed by atoms with Crippen molar-refractivity contribution in [1.29, 1.82) is 0 Å². The SMILES string of the molecule is COc1cncc(OC2CCC(NC(=O)c3cc(Cl)ccc3Cl)CC2)n1. The number of amides is 1. The molecule has 0 unspecified atom stereocenters. The summed E-state index contributed by atoms with van der Waals surface area (Å²) < 4.78 is 10.9. The molecule has 1 saturated carbocycles. The van der Waals surface area contributed by atoms with Crippen LogP contribution in [0.25, 0.3) is 0 Å². The first-order valence-electron chi connectivity index (χ1n) is 8.33. The van der Waals surface area contributed by atoms with Gasteiger partial charge in [0.05, 0.1) is 30.1 Å². The monoisotopic (exact) mass is 395 g/mol. The Morgan fingerprint density at radius 3 is 2.62 bits per heavy atom. The Labute approximate surface area is 161 Å². The summed E-state index contributed by atoms with van der Waals surface area (Å²) in [7, 11) is 1.54. The molecule has 1 N–H and O–H groups in total. The van der Waals surface area contributed by atoms with E-state index in [-0.39, 0.29) is 18.1 Å². The fraction of sp³-hybridized carbons (Fsp3) is 0.389. The molecular weight excluding hydrogens is 377 g/mol. The zero-order chi connectivity index (χ0) is 18.5. The lowest BCUT2D eigenvalue weighted by atomic mass is 9.92. The summed E-state index contributed by atoms with van der Waals surface area (Å²) in [6.07, 6.45) is 6.38. The molecule has 0 bridgehead atoms. The maximum Gasteiger partial charge on any atom is 0.253 e. The quantitative estimate of drug-likeness (QED) is 0.830. The molecule has 3 rings (SSSR count). The molecule has 1 aliphatic rings. The number of nitrogens with one attached hydrogen (secondary N) is 1. The summed E-state index contributed by atoms with van der Waals surface area (Å²) in [5, 5.41) is 3.89. The van der Waals surface area contributed by atoms with Crippen LogP contribution in [0.5, 0.6) is 11.8 Å². The lowest BCUT2D eigenvalue weighted by molar-refractivity contribution is 0.0889. The van der Waals surface area contributed by atoms with Crippen LogP contribution in [0.2, 0.25) is 10.0 Å². The van der Waals surface area contributed by atoms with E-state index < -0.39 is 0 Å². The van der Waals surface area contributed by atoms with Gasteiger partial charge in [-0.15, -0.1) is 0 Å². The molecular formula is C18H19Cl2N3O3. The second-order valence-corrected chi connectivity index (χ2v) is 6.93. The minimum absolute atomic E-state index is 0.0410. The molecule has 0 aliphatic heterocycles. The number of nitrogens with zero attached hydrogens (tertiary/aromatic N) is 2. The van der Waals surface area contributed by atoms with E-state index in [1.807, 2.05) is 0 Å². The van der Waals surface area contributed by atoms with Crippen molar-refractivity contribution in [3.05, 3.63) is 46.2 Å². The van der Waals surface area contributed by atoms with E-state index in [1.165, 1.54) is 13.3 Å². The van der Waals surface area contributed by atoms with Gasteiger partial charge in [-0.05, 0) is 43.9 Å². The van der Waals surface area contributed by atoms with Gasteiger partial charge >= 0.3 is 0 Å². The number of rotatable bonds is 5. The number of methoxy groups -OCH3 is 1. The maximum absolute atomic E-state index is 12.4. The van der Waals surface area contributed by atoms with Gasteiger partial charge in [0.1, 0.15) is 6.10 Å². The Hall–Kier alpha value is -2.05. The maximum atomic E-state index is 12.4. The third-order valence-corrected chi connectivity index (χ3v) is 4.83. The fourth-order valence-corrected chi connectivity index (χ4v) is 3.29. The van der Waals surface area contributed by atoms with Crippen molar-refractivity contribution in [2.45, 2.75) is 37.8 Å². The Bertz CT molecular complexity index is 780. The van der Waals surface area contributed by atoms with Crippen LogP contribution in [0.1, 0.15) is 36.0 Å². The molecule has 1 amide bonds. The number of aromatic nitrogens is 2. The Morgan fingerprint density at radius 2 is 1.88 bits per heavy atom. The highest BCUT2D eigenvalue weighted by molar-refractivity contribution is 6.35. The summed E-state index contributed by atoms with van der Waals surface area (Å²) >= 11 is 12.0. The molecule has 0 atom stereocenters. The number of ether oxygens (including phenoxy) is 2. The van der Waals surface area contributed by atoms with Gasteiger partial charge < -0.3 is 14.8 Å². The topological polar surface area (TPSA) is 73.3 Å². The third kappa shape index (κ3) is 4.77. The van der Waals surface area contributed by atoms with E-state index in [4.69, 9.17) is 32.7 Å². The van der Waals surface area contributed by atoms with Gasteiger partial charge in [0.2, 0.25) is 11.8 Å². The van der Waals surface area contributed by atoms with Crippen molar-refractivity contribution in [3.8, 4) is 11.8 Å². The van der Waals surface area contributed by atoms with Crippen molar-refractivity contribution in [2.24, 2.45) is 0 Å². The highest BCUT2D eigenvalue weighted by atomic mass is 35.5. The Balaban J connectivity index is 1.52. The highest BCUT2D eigenvalue weighted by Gasteiger charge is 2.25. The molecule has 0 radical (unpaired) electrons. The molecule has 6 nitrogen and oxygen atoms in total. The lowest BCUT2D eigenvalue weighted by Crippen LogP contribution is -2.39. The summed E-state index contributed by atoms with van der Waals surface area (Å²) in [5.74, 6) is 0.657. The van der Waals surface area contributed by atoms with Crippen LogP contribution in [0.4, 0.5) is 0 Å². The largest absolute Gasteiger partial charge is 0.480 e. The van der Waals surface area contributed by atoms with Gasteiger partial charge in [-0.25, -0.2) is 0 Å². The normalized spacial score (nSPS) is 19.7. The van der Waals surface area contributed by atoms with E-state index >= 15 is 0 Å². The van der Waals surface area contributed by atoms with Crippen LogP contribution in [0.3, 0.4) is 0 Å². The van der Waals surface area contributed by atoms with E-state index in [1.54, 1.807) is 24.4 Å². The van der Waals surface area contributed by atoms with E-state index in [9.17, 15) is 4.79 Å². The molecule has 2 aromatic rings. The third-order valence-electron chi connectivity index (χ3n) is 4.27. The van der Waals surface area contributed by atoms with Gasteiger partial charge in [0.15, 0.2) is 0 Å². The van der Waals surface area contributed by atoms with Gasteiger partial charge in [-0.1, -0.05) is 23.2 Å². The van der Waals surface area contributed by atoms with Gasteiger partial charge in [0.25, 0.3) is 5.91 Å². The molecule has 0 saturated heterocycles. The van der Waals surface area contributed by atoms with Gasteiger partial charge in [0, 0.05) is 11.1 Å². The highest BCUT2D eigenvalue weighted by Crippen LogP contribution is 2.25. The molecule has 1 aliphatic carbocycles. The Kier molecular flexibility index (Phi) is 6.16. The van der Waals surface area contributed by atoms with Crippen molar-refractivity contribution in [3.63, 3.8) is 0 Å². The molecule has 138 valence electrons. The number of hydrogen-bond donors (Lipinski definition) is 1. The zero-order valence-corrected chi connectivity index (χ0v) is 15.8. The number of halogens is 2. The van der Waals surface area contributed by atoms with E-state index in [2.05, 4.69) is 15.3 Å². The average Bonchev–Trinajstić information content (AvgIpc) is 2.65. The van der Waals surface area contributed by atoms with Crippen molar-refractivity contribution in [1.82, 2.24) is 15.3 Å². The standard InChI is InChI=1S/C18H19Cl2N3O3/c1-25-16-9-21-10-17(23-16)26-13-5-3-12(4-6-13)22-18(24)14-8-11(19)2-7-15(14)20/h2,7-10,12-13H,3-6H2,1H3,(H,22,24). The molecule has 1 fully saturated rings. The summed E-state index contributed by atoms with van der Waals surface area (Å²) in [4.78, 5) is 20.6. The zero-order valence-electron chi connectivity index (χ0n) is 14.2. The molecule has 0 spiro atoms. The van der Waals surface area contributed by atoms with Crippen LogP contribution < -0.4 is 14.8 Å². The average molecular weight is 396 g/mol. The first kappa shape index (κ1) is 18.7. The summed E-state index contributed by atoms with van der Waals surface area (Å²) in [6, 6.07) is 4.94. The Morgan fingerprint density at radius 1 is 1.15 bits per heavy atom. The molecule has 8 heteroatoms. The van der Waals surface area contributed by atoms with Crippen molar-refractivity contribution in [2.75, 3.05) is 7.11 Å². The lowest BCUT2D eigenvalue weighted by Gasteiger charge is -2.29. The molecule has 1 aromatic carbocycles. The van der Waals surface area contributed by atoms with Crippen LogP contribution in [-0.4, -0.2) is 35.1 Å². The molecule has 1 heterocycles. The van der Waals surface area contributed by atoms with Crippen LogP contribution in [-0.2, 0) is 0 Å². The fourth-order valence-electron chi connectivity index (χ4n) is 2.92. The van der Waals surface area contributed by atoms with Crippen molar-refractivity contribution < 1.29 is 14.3 Å². The van der Waals surface area contributed by atoms with Gasteiger partial charge in [-0.3, -0.25) is 9.78 Å². The smallest absolute Gasteiger partial charge is 0.253 e. The predicted octanol–water partition coefficient (Wildman–Crippen LogP) is 3.91. The second-order valence-electron chi connectivity index (χ2n) is 6.09.